The first kappa shape index (κ1) is 14.2. The van der Waals surface area contributed by atoms with Crippen molar-refractivity contribution in [1.29, 1.82) is 0 Å². The number of aliphatic imine (C=N–C) groups is 1. The Morgan fingerprint density at radius 1 is 1.47 bits per heavy atom. The fourth-order valence-corrected chi connectivity index (χ4v) is 2.01. The normalized spacial score (nSPS) is 20.5. The van der Waals surface area contributed by atoms with E-state index in [1.165, 1.54) is 11.8 Å². The minimum absolute atomic E-state index is 0.497. The highest BCUT2D eigenvalue weighted by Gasteiger charge is 2.36. The average molecular weight is 253 g/mol. The summed E-state index contributed by atoms with van der Waals surface area (Å²) in [7, 11) is 0. The van der Waals surface area contributed by atoms with Gasteiger partial charge in [0.1, 0.15) is 6.29 Å². The van der Waals surface area contributed by atoms with E-state index >= 15 is 0 Å². The predicted octanol–water partition coefficient (Wildman–Crippen LogP) is 2.83. The first-order valence-corrected chi connectivity index (χ1v) is 6.90. The zero-order valence-electron chi connectivity index (χ0n) is 10.4. The van der Waals surface area contributed by atoms with E-state index in [2.05, 4.69) is 11.6 Å². The monoisotopic (exact) mass is 253 g/mol. The molecule has 0 aromatic heterocycles. The molecule has 0 saturated carbocycles. The van der Waals surface area contributed by atoms with E-state index in [0.29, 0.717) is 26.1 Å². The van der Waals surface area contributed by atoms with Gasteiger partial charge in [0.25, 0.3) is 0 Å². The van der Waals surface area contributed by atoms with Gasteiger partial charge in [0, 0.05) is 13.2 Å². The third-order valence-electron chi connectivity index (χ3n) is 2.93. The van der Waals surface area contributed by atoms with E-state index in [9.17, 15) is 4.79 Å². The second kappa shape index (κ2) is 6.77. The standard InChI is InChI=1S/C13H19NO2S/c1-4-5-12(14-11(2)17-3)13(10-15)6-8-16-9-7-13/h4-5,10H,2,6-9H2,1,3H3/b5-4-,14-12+. The molecule has 0 atom stereocenters. The molecule has 4 heteroatoms. The molecule has 1 heterocycles. The molecule has 94 valence electrons. The molecular formula is C13H19NO2S. The Labute approximate surface area is 107 Å². The van der Waals surface area contributed by atoms with E-state index < -0.39 is 5.41 Å². The topological polar surface area (TPSA) is 38.7 Å². The molecule has 0 N–H and O–H groups in total. The van der Waals surface area contributed by atoms with Crippen molar-refractivity contribution in [3.05, 3.63) is 23.8 Å². The van der Waals surface area contributed by atoms with Gasteiger partial charge in [-0.1, -0.05) is 12.7 Å². The van der Waals surface area contributed by atoms with Crippen LogP contribution in [-0.4, -0.2) is 31.5 Å². The van der Waals surface area contributed by atoms with Gasteiger partial charge < -0.3 is 9.53 Å². The summed E-state index contributed by atoms with van der Waals surface area (Å²) in [5.41, 5.74) is 0.307. The summed E-state index contributed by atoms with van der Waals surface area (Å²) in [6, 6.07) is 0. The van der Waals surface area contributed by atoms with Crippen LogP contribution in [0.2, 0.25) is 0 Å². The maximum atomic E-state index is 11.5. The number of nitrogens with zero attached hydrogens (tertiary/aromatic N) is 1. The molecule has 3 nitrogen and oxygen atoms in total. The van der Waals surface area contributed by atoms with Gasteiger partial charge in [-0.25, -0.2) is 4.99 Å². The number of allylic oxidation sites excluding steroid dienone is 2. The zero-order valence-corrected chi connectivity index (χ0v) is 11.3. The summed E-state index contributed by atoms with van der Waals surface area (Å²) < 4.78 is 5.32. The lowest BCUT2D eigenvalue weighted by Crippen LogP contribution is -2.38. The van der Waals surface area contributed by atoms with Crippen molar-refractivity contribution in [2.24, 2.45) is 10.4 Å². The van der Waals surface area contributed by atoms with Crippen molar-refractivity contribution in [2.45, 2.75) is 19.8 Å². The molecule has 1 aliphatic heterocycles. The Bertz CT molecular complexity index is 341. The van der Waals surface area contributed by atoms with E-state index in [1.54, 1.807) is 0 Å². The number of rotatable bonds is 5. The van der Waals surface area contributed by atoms with Crippen LogP contribution in [0.4, 0.5) is 0 Å². The summed E-state index contributed by atoms with van der Waals surface area (Å²) in [6.45, 7) is 7.00. The Kier molecular flexibility index (Phi) is 5.65. The average Bonchev–Trinajstić information content (AvgIpc) is 2.38. The van der Waals surface area contributed by atoms with Crippen LogP contribution in [-0.2, 0) is 9.53 Å². The summed E-state index contributed by atoms with van der Waals surface area (Å²) in [5, 5.41) is 0.728. The van der Waals surface area contributed by atoms with Crippen molar-refractivity contribution < 1.29 is 9.53 Å². The van der Waals surface area contributed by atoms with Crippen LogP contribution in [0.5, 0.6) is 0 Å². The van der Waals surface area contributed by atoms with Crippen LogP contribution in [0, 0.1) is 5.41 Å². The van der Waals surface area contributed by atoms with Crippen LogP contribution in [0.15, 0.2) is 28.8 Å². The molecule has 0 aromatic carbocycles. The minimum atomic E-state index is -0.497. The quantitative estimate of drug-likeness (QED) is 0.558. The second-order valence-corrected chi connectivity index (χ2v) is 4.86. The summed E-state index contributed by atoms with van der Waals surface area (Å²) in [5.74, 6) is 0. The molecule has 1 fully saturated rings. The number of hydrogen-bond acceptors (Lipinski definition) is 4. The molecule has 0 aliphatic carbocycles. The summed E-state index contributed by atoms with van der Waals surface area (Å²) in [4.78, 5) is 15.9. The zero-order chi connectivity index (χ0) is 12.7. The number of ether oxygens (including phenoxy) is 1. The fourth-order valence-electron chi connectivity index (χ4n) is 1.82. The van der Waals surface area contributed by atoms with Gasteiger partial charge in [-0.05, 0) is 32.1 Å². The third kappa shape index (κ3) is 3.54. The molecule has 0 radical (unpaired) electrons. The second-order valence-electron chi connectivity index (χ2n) is 3.98. The van der Waals surface area contributed by atoms with Gasteiger partial charge >= 0.3 is 0 Å². The first-order chi connectivity index (χ1) is 8.18. The number of carbonyl (C=O) groups excluding carboxylic acids is 1. The Balaban J connectivity index is 3.05. The predicted molar refractivity (Wildman–Crippen MR) is 73.5 cm³/mol. The largest absolute Gasteiger partial charge is 0.381 e. The minimum Gasteiger partial charge on any atom is -0.381 e. The van der Waals surface area contributed by atoms with Gasteiger partial charge in [0.15, 0.2) is 0 Å². The van der Waals surface area contributed by atoms with Crippen molar-refractivity contribution in [1.82, 2.24) is 0 Å². The molecule has 0 amide bonds. The van der Waals surface area contributed by atoms with Crippen molar-refractivity contribution in [3.63, 3.8) is 0 Å². The maximum absolute atomic E-state index is 11.5. The number of thioether (sulfide) groups is 1. The molecule has 17 heavy (non-hydrogen) atoms. The van der Waals surface area contributed by atoms with E-state index in [-0.39, 0.29) is 0 Å². The summed E-state index contributed by atoms with van der Waals surface area (Å²) >= 11 is 1.49. The van der Waals surface area contributed by atoms with Gasteiger partial charge in [0.2, 0.25) is 0 Å². The van der Waals surface area contributed by atoms with Gasteiger partial charge in [-0.15, -0.1) is 11.8 Å². The molecule has 1 saturated heterocycles. The van der Waals surface area contributed by atoms with Crippen molar-refractivity contribution in [3.8, 4) is 0 Å². The van der Waals surface area contributed by atoms with Crippen LogP contribution in [0.3, 0.4) is 0 Å². The van der Waals surface area contributed by atoms with Crippen LogP contribution < -0.4 is 0 Å². The molecular weight excluding hydrogens is 234 g/mol. The lowest BCUT2D eigenvalue weighted by Gasteiger charge is -2.32. The SMILES string of the molecule is C=C(/N=C(\C=C/C)C1(C=O)CCOCC1)SC. The van der Waals surface area contributed by atoms with E-state index in [4.69, 9.17) is 4.74 Å². The molecule has 1 aliphatic rings. The number of carbonyl (C=O) groups is 1. The lowest BCUT2D eigenvalue weighted by atomic mass is 9.77. The fraction of sp³-hybridized carbons (Fsp3) is 0.538. The molecule has 0 bridgehead atoms. The first-order valence-electron chi connectivity index (χ1n) is 5.67. The third-order valence-corrected chi connectivity index (χ3v) is 3.49. The lowest BCUT2D eigenvalue weighted by molar-refractivity contribution is -0.116. The highest BCUT2D eigenvalue weighted by Crippen LogP contribution is 2.32. The van der Waals surface area contributed by atoms with Crippen molar-refractivity contribution >= 4 is 23.8 Å². The van der Waals surface area contributed by atoms with Crippen molar-refractivity contribution in [2.75, 3.05) is 19.5 Å². The van der Waals surface area contributed by atoms with Gasteiger partial charge in [-0.3, -0.25) is 0 Å². The van der Waals surface area contributed by atoms with Gasteiger partial charge in [0.05, 0.1) is 16.2 Å². The molecule has 0 unspecified atom stereocenters. The van der Waals surface area contributed by atoms with Gasteiger partial charge in [-0.2, -0.15) is 0 Å². The van der Waals surface area contributed by atoms with Crippen LogP contribution in [0.1, 0.15) is 19.8 Å². The number of hydrogen-bond donors (Lipinski definition) is 0. The Morgan fingerprint density at radius 2 is 2.12 bits per heavy atom. The highest BCUT2D eigenvalue weighted by molar-refractivity contribution is 8.02. The highest BCUT2D eigenvalue weighted by atomic mass is 32.2. The maximum Gasteiger partial charge on any atom is 0.132 e. The van der Waals surface area contributed by atoms with Crippen LogP contribution in [0.25, 0.3) is 0 Å². The van der Waals surface area contributed by atoms with E-state index in [1.807, 2.05) is 25.3 Å². The Hall–Kier alpha value is -0.870. The Morgan fingerprint density at radius 3 is 2.59 bits per heavy atom. The van der Waals surface area contributed by atoms with Crippen LogP contribution >= 0.6 is 11.8 Å². The molecule has 0 spiro atoms. The number of aldehydes is 1. The smallest absolute Gasteiger partial charge is 0.132 e. The van der Waals surface area contributed by atoms with E-state index in [0.717, 1.165) is 17.0 Å². The summed E-state index contributed by atoms with van der Waals surface area (Å²) in [6.07, 6.45) is 8.15. The molecule has 1 rings (SSSR count). The molecule has 0 aromatic rings.